The fourth-order valence-corrected chi connectivity index (χ4v) is 2.38. The van der Waals surface area contributed by atoms with E-state index in [1.807, 2.05) is 0 Å². The monoisotopic (exact) mass is 338 g/mol. The zero-order valence-electron chi connectivity index (χ0n) is 10.3. The van der Waals surface area contributed by atoms with Crippen molar-refractivity contribution < 1.29 is 17.5 Å². The molecular formula is C12H16BrFO3S. The summed E-state index contributed by atoms with van der Waals surface area (Å²) < 4.78 is 41.7. The summed E-state index contributed by atoms with van der Waals surface area (Å²) in [6, 6.07) is 4.60. The first-order valence-electron chi connectivity index (χ1n) is 5.55. The van der Waals surface area contributed by atoms with Crippen LogP contribution in [0.2, 0.25) is 0 Å². The van der Waals surface area contributed by atoms with Gasteiger partial charge in [-0.2, -0.15) is 0 Å². The number of sulfone groups is 1. The maximum atomic E-state index is 13.5. The van der Waals surface area contributed by atoms with Crippen LogP contribution in [-0.4, -0.2) is 26.0 Å². The Labute approximate surface area is 115 Å². The number of alkyl halides is 1. The lowest BCUT2D eigenvalue weighted by molar-refractivity contribution is 0.322. The Balaban J connectivity index is 2.60. The van der Waals surface area contributed by atoms with Gasteiger partial charge in [0, 0.05) is 5.33 Å². The van der Waals surface area contributed by atoms with E-state index in [1.54, 1.807) is 19.9 Å². The summed E-state index contributed by atoms with van der Waals surface area (Å²) in [5.74, 6) is -0.503. The van der Waals surface area contributed by atoms with Crippen LogP contribution in [0, 0.1) is 5.82 Å². The van der Waals surface area contributed by atoms with Gasteiger partial charge in [0.05, 0.1) is 11.0 Å². The molecule has 0 saturated heterocycles. The second kappa shape index (κ2) is 6.52. The molecule has 0 aliphatic rings. The van der Waals surface area contributed by atoms with Gasteiger partial charge in [-0.1, -0.05) is 22.0 Å². The number of hydrogen-bond acceptors (Lipinski definition) is 3. The molecule has 1 rings (SSSR count). The average molecular weight is 339 g/mol. The third-order valence-electron chi connectivity index (χ3n) is 2.49. The van der Waals surface area contributed by atoms with E-state index in [0.29, 0.717) is 5.33 Å². The topological polar surface area (TPSA) is 43.4 Å². The van der Waals surface area contributed by atoms with Gasteiger partial charge in [0.25, 0.3) is 0 Å². The molecule has 0 aromatic heterocycles. The first-order valence-corrected chi connectivity index (χ1v) is 8.39. The molecule has 1 aromatic carbocycles. The van der Waals surface area contributed by atoms with Gasteiger partial charge in [-0.25, -0.2) is 12.8 Å². The standard InChI is InChI=1S/C12H16BrFO3S/c1-9(2)18(15,16)6-5-17-12-4-3-10(8-13)7-11(12)14/h3-4,7,9H,5-6,8H2,1-2H3. The molecule has 3 nitrogen and oxygen atoms in total. The molecular weight excluding hydrogens is 323 g/mol. The molecule has 6 heteroatoms. The summed E-state index contributed by atoms with van der Waals surface area (Å²) in [4.78, 5) is 0. The normalized spacial score (nSPS) is 11.8. The van der Waals surface area contributed by atoms with E-state index < -0.39 is 20.9 Å². The molecule has 0 aliphatic heterocycles. The van der Waals surface area contributed by atoms with Crippen LogP contribution in [0.5, 0.6) is 5.75 Å². The Morgan fingerprint density at radius 1 is 1.39 bits per heavy atom. The first-order chi connectivity index (χ1) is 8.36. The molecule has 0 N–H and O–H groups in total. The quantitative estimate of drug-likeness (QED) is 0.749. The van der Waals surface area contributed by atoms with Crippen molar-refractivity contribution in [3.05, 3.63) is 29.6 Å². The lowest BCUT2D eigenvalue weighted by Gasteiger charge is -2.10. The van der Waals surface area contributed by atoms with Gasteiger partial charge in [0.1, 0.15) is 6.61 Å². The Hall–Kier alpha value is -0.620. The van der Waals surface area contributed by atoms with Crippen molar-refractivity contribution in [2.24, 2.45) is 0 Å². The van der Waals surface area contributed by atoms with Crippen LogP contribution in [0.15, 0.2) is 18.2 Å². The zero-order valence-corrected chi connectivity index (χ0v) is 12.7. The van der Waals surface area contributed by atoms with Crippen LogP contribution in [0.4, 0.5) is 4.39 Å². The fourth-order valence-electron chi connectivity index (χ4n) is 1.25. The van der Waals surface area contributed by atoms with E-state index in [-0.39, 0.29) is 18.1 Å². The summed E-state index contributed by atoms with van der Waals surface area (Å²) in [7, 11) is -3.15. The summed E-state index contributed by atoms with van der Waals surface area (Å²) in [5, 5.41) is 0.119. The van der Waals surface area contributed by atoms with E-state index >= 15 is 0 Å². The second-order valence-corrected chi connectivity index (χ2v) is 7.40. The molecule has 102 valence electrons. The van der Waals surface area contributed by atoms with Crippen molar-refractivity contribution in [1.29, 1.82) is 0 Å². The van der Waals surface area contributed by atoms with E-state index in [0.717, 1.165) is 5.56 Å². The predicted octanol–water partition coefficient (Wildman–Crippen LogP) is 2.92. The van der Waals surface area contributed by atoms with Crippen molar-refractivity contribution in [1.82, 2.24) is 0 Å². The summed E-state index contributed by atoms with van der Waals surface area (Å²) in [5.41, 5.74) is 0.801. The number of ether oxygens (including phenoxy) is 1. The third-order valence-corrected chi connectivity index (χ3v) is 5.31. The highest BCUT2D eigenvalue weighted by Crippen LogP contribution is 2.19. The van der Waals surface area contributed by atoms with Gasteiger partial charge in [0.2, 0.25) is 0 Å². The van der Waals surface area contributed by atoms with Crippen LogP contribution in [0.25, 0.3) is 0 Å². The maximum absolute atomic E-state index is 13.5. The smallest absolute Gasteiger partial charge is 0.165 e. The predicted molar refractivity (Wildman–Crippen MR) is 73.4 cm³/mol. The summed E-state index contributed by atoms with van der Waals surface area (Å²) >= 11 is 3.22. The Kier molecular flexibility index (Phi) is 5.59. The fraction of sp³-hybridized carbons (Fsp3) is 0.500. The average Bonchev–Trinajstić information content (AvgIpc) is 2.30. The molecule has 0 heterocycles. The van der Waals surface area contributed by atoms with Crippen LogP contribution in [-0.2, 0) is 15.2 Å². The molecule has 0 unspecified atom stereocenters. The van der Waals surface area contributed by atoms with E-state index in [2.05, 4.69) is 15.9 Å². The van der Waals surface area contributed by atoms with Gasteiger partial charge in [-0.05, 0) is 31.5 Å². The Bertz CT molecular complexity index is 500. The number of hydrogen-bond donors (Lipinski definition) is 0. The van der Waals surface area contributed by atoms with Crippen LogP contribution < -0.4 is 4.74 Å². The highest BCUT2D eigenvalue weighted by Gasteiger charge is 2.16. The maximum Gasteiger partial charge on any atom is 0.165 e. The van der Waals surface area contributed by atoms with Gasteiger partial charge in [-0.3, -0.25) is 0 Å². The highest BCUT2D eigenvalue weighted by atomic mass is 79.9. The number of benzene rings is 1. The van der Waals surface area contributed by atoms with Crippen molar-refractivity contribution in [2.75, 3.05) is 12.4 Å². The van der Waals surface area contributed by atoms with Gasteiger partial charge in [-0.15, -0.1) is 0 Å². The van der Waals surface area contributed by atoms with Crippen molar-refractivity contribution in [3.8, 4) is 5.75 Å². The number of halogens is 2. The first kappa shape index (κ1) is 15.4. The van der Waals surface area contributed by atoms with Gasteiger partial charge < -0.3 is 4.74 Å². The molecule has 0 spiro atoms. The van der Waals surface area contributed by atoms with Crippen molar-refractivity contribution in [3.63, 3.8) is 0 Å². The van der Waals surface area contributed by atoms with Crippen LogP contribution in [0.3, 0.4) is 0 Å². The summed E-state index contributed by atoms with van der Waals surface area (Å²) in [6.07, 6.45) is 0. The molecule has 0 bridgehead atoms. The molecule has 0 fully saturated rings. The molecule has 0 saturated carbocycles. The minimum atomic E-state index is -3.15. The molecule has 1 aromatic rings. The molecule has 0 radical (unpaired) electrons. The van der Waals surface area contributed by atoms with Crippen molar-refractivity contribution >= 4 is 25.8 Å². The van der Waals surface area contributed by atoms with Crippen LogP contribution >= 0.6 is 15.9 Å². The highest BCUT2D eigenvalue weighted by molar-refractivity contribution is 9.08. The lowest BCUT2D eigenvalue weighted by Crippen LogP contribution is -2.22. The molecule has 18 heavy (non-hydrogen) atoms. The molecule has 0 aliphatic carbocycles. The minimum absolute atomic E-state index is 0.0366. The SMILES string of the molecule is CC(C)S(=O)(=O)CCOc1ccc(CBr)cc1F. The third kappa shape index (κ3) is 4.24. The molecule has 0 amide bonds. The zero-order chi connectivity index (χ0) is 13.8. The lowest BCUT2D eigenvalue weighted by atomic mass is 10.2. The van der Waals surface area contributed by atoms with E-state index in [1.165, 1.54) is 12.1 Å². The largest absolute Gasteiger partial charge is 0.489 e. The Morgan fingerprint density at radius 3 is 2.56 bits per heavy atom. The van der Waals surface area contributed by atoms with E-state index in [4.69, 9.17) is 4.74 Å². The Morgan fingerprint density at radius 2 is 2.06 bits per heavy atom. The molecule has 0 atom stereocenters. The van der Waals surface area contributed by atoms with Crippen LogP contribution in [0.1, 0.15) is 19.4 Å². The van der Waals surface area contributed by atoms with Crippen molar-refractivity contribution in [2.45, 2.75) is 24.4 Å². The summed E-state index contributed by atoms with van der Waals surface area (Å²) in [6.45, 7) is 3.19. The van der Waals surface area contributed by atoms with E-state index in [9.17, 15) is 12.8 Å². The minimum Gasteiger partial charge on any atom is -0.489 e. The van der Waals surface area contributed by atoms with Gasteiger partial charge in [0.15, 0.2) is 21.4 Å². The second-order valence-electron chi connectivity index (χ2n) is 4.16. The van der Waals surface area contributed by atoms with Gasteiger partial charge >= 0.3 is 0 Å². The number of rotatable bonds is 6.